The van der Waals surface area contributed by atoms with Gasteiger partial charge in [0.15, 0.2) is 11.5 Å². The zero-order valence-electron chi connectivity index (χ0n) is 17.8. The van der Waals surface area contributed by atoms with Gasteiger partial charge in [-0.3, -0.25) is 9.59 Å². The van der Waals surface area contributed by atoms with Crippen molar-refractivity contribution in [1.29, 1.82) is 0 Å². The van der Waals surface area contributed by atoms with Gasteiger partial charge in [0.25, 0.3) is 11.8 Å². The van der Waals surface area contributed by atoms with Crippen LogP contribution in [0.2, 0.25) is 0 Å². The number of ether oxygens (including phenoxy) is 2. The van der Waals surface area contributed by atoms with Crippen LogP contribution in [0.1, 0.15) is 19.8 Å². The first-order chi connectivity index (χ1) is 15.5. The van der Waals surface area contributed by atoms with Gasteiger partial charge in [-0.15, -0.1) is 0 Å². The summed E-state index contributed by atoms with van der Waals surface area (Å²) in [5.74, 6) is 0.879. The van der Waals surface area contributed by atoms with Crippen LogP contribution in [0.25, 0.3) is 0 Å². The molecule has 8 nitrogen and oxygen atoms in total. The van der Waals surface area contributed by atoms with Gasteiger partial charge in [0.2, 0.25) is 6.10 Å². The third-order valence-electron chi connectivity index (χ3n) is 6.31. The maximum absolute atomic E-state index is 13.1. The number of benzene rings is 2. The maximum atomic E-state index is 13.1. The first-order valence-electron chi connectivity index (χ1n) is 10.9. The van der Waals surface area contributed by atoms with Crippen LogP contribution in [-0.2, 0) is 9.59 Å². The van der Waals surface area contributed by atoms with Crippen molar-refractivity contribution in [1.82, 2.24) is 9.80 Å². The summed E-state index contributed by atoms with van der Waals surface area (Å²) in [4.78, 5) is 43.3. The lowest BCUT2D eigenvalue weighted by Gasteiger charge is -2.39. The molecule has 166 valence electrons. The van der Waals surface area contributed by atoms with E-state index < -0.39 is 12.2 Å². The fourth-order valence-electron chi connectivity index (χ4n) is 4.60. The summed E-state index contributed by atoms with van der Waals surface area (Å²) in [6.07, 6.45) is 0.134. The van der Waals surface area contributed by atoms with Gasteiger partial charge >= 0.3 is 6.03 Å². The number of rotatable bonds is 3. The van der Waals surface area contributed by atoms with E-state index in [0.29, 0.717) is 43.1 Å². The molecular weight excluding hydrogens is 410 g/mol. The largest absolute Gasteiger partial charge is 0.482 e. The number of nitrogens with zero attached hydrogens (tertiary/aromatic N) is 3. The maximum Gasteiger partial charge on any atom is 0.332 e. The number of fused-ring (bicyclic) bond motifs is 1. The number of hydrogen-bond donors (Lipinski definition) is 0. The van der Waals surface area contributed by atoms with Gasteiger partial charge in [0.1, 0.15) is 12.6 Å². The number of carbonyl (C=O) groups excluding carboxylic acids is 3. The molecule has 2 aromatic rings. The van der Waals surface area contributed by atoms with E-state index in [2.05, 4.69) is 0 Å². The number of amides is 4. The minimum atomic E-state index is -0.704. The van der Waals surface area contributed by atoms with Crippen molar-refractivity contribution in [3.8, 4) is 11.5 Å². The van der Waals surface area contributed by atoms with Crippen LogP contribution in [0.5, 0.6) is 11.5 Å². The highest BCUT2D eigenvalue weighted by atomic mass is 16.6. The fourth-order valence-corrected chi connectivity index (χ4v) is 4.60. The van der Waals surface area contributed by atoms with E-state index in [0.717, 1.165) is 0 Å². The summed E-state index contributed by atoms with van der Waals surface area (Å²) < 4.78 is 11.8. The summed E-state index contributed by atoms with van der Waals surface area (Å²) in [5, 5.41) is 0. The zero-order valence-corrected chi connectivity index (χ0v) is 17.8. The van der Waals surface area contributed by atoms with Crippen LogP contribution >= 0.6 is 0 Å². The molecule has 0 radical (unpaired) electrons. The molecule has 3 aliphatic rings. The van der Waals surface area contributed by atoms with E-state index in [9.17, 15) is 14.4 Å². The molecule has 3 aliphatic heterocycles. The van der Waals surface area contributed by atoms with Crippen LogP contribution < -0.4 is 14.4 Å². The van der Waals surface area contributed by atoms with Crippen molar-refractivity contribution in [2.75, 3.05) is 24.5 Å². The monoisotopic (exact) mass is 435 g/mol. The predicted octanol–water partition coefficient (Wildman–Crippen LogP) is 2.67. The van der Waals surface area contributed by atoms with Gasteiger partial charge in [-0.25, -0.2) is 9.69 Å². The van der Waals surface area contributed by atoms with Crippen molar-refractivity contribution in [3.05, 3.63) is 54.6 Å². The van der Waals surface area contributed by atoms with Gasteiger partial charge in [-0.05, 0) is 44.0 Å². The number of anilines is 1. The van der Waals surface area contributed by atoms with Crippen molar-refractivity contribution >= 4 is 23.5 Å². The molecule has 5 rings (SSSR count). The third kappa shape index (κ3) is 3.55. The van der Waals surface area contributed by atoms with Crippen LogP contribution in [0.3, 0.4) is 0 Å². The van der Waals surface area contributed by atoms with Crippen molar-refractivity contribution in [2.45, 2.75) is 38.0 Å². The Morgan fingerprint density at radius 1 is 0.906 bits per heavy atom. The van der Waals surface area contributed by atoms with Gasteiger partial charge in [-0.2, -0.15) is 0 Å². The molecule has 0 aromatic heterocycles. The molecule has 8 heteroatoms. The van der Waals surface area contributed by atoms with Crippen molar-refractivity contribution < 1.29 is 23.9 Å². The first-order valence-corrected chi connectivity index (χ1v) is 10.9. The van der Waals surface area contributed by atoms with E-state index in [-0.39, 0.29) is 30.4 Å². The van der Waals surface area contributed by atoms with Crippen LogP contribution in [0.15, 0.2) is 54.6 Å². The van der Waals surface area contributed by atoms with Gasteiger partial charge in [-0.1, -0.05) is 30.3 Å². The number of carbonyl (C=O) groups is 3. The number of likely N-dealkylation sites (tertiary alicyclic amines) is 1. The normalized spacial score (nSPS) is 23.6. The molecule has 0 bridgehead atoms. The zero-order chi connectivity index (χ0) is 22.2. The predicted molar refractivity (Wildman–Crippen MR) is 117 cm³/mol. The van der Waals surface area contributed by atoms with Crippen molar-refractivity contribution in [2.24, 2.45) is 0 Å². The Morgan fingerprint density at radius 2 is 1.53 bits per heavy atom. The molecule has 2 saturated heterocycles. The van der Waals surface area contributed by atoms with E-state index >= 15 is 0 Å². The van der Waals surface area contributed by atoms with Gasteiger partial charge in [0.05, 0.1) is 5.69 Å². The van der Waals surface area contributed by atoms with Gasteiger partial charge < -0.3 is 19.3 Å². The Labute approximate surface area is 186 Å². The summed E-state index contributed by atoms with van der Waals surface area (Å²) in [7, 11) is 0. The van der Waals surface area contributed by atoms with E-state index in [1.54, 1.807) is 40.1 Å². The summed E-state index contributed by atoms with van der Waals surface area (Å²) in [6.45, 7) is 2.90. The minimum absolute atomic E-state index is 0.0692. The molecule has 2 unspecified atom stereocenters. The molecule has 2 aromatic carbocycles. The Hall–Kier alpha value is -3.55. The molecular formula is C24H25N3O5. The van der Waals surface area contributed by atoms with Crippen LogP contribution in [0, 0.1) is 0 Å². The summed E-state index contributed by atoms with van der Waals surface area (Å²) >= 11 is 0. The Bertz CT molecular complexity index is 1030. The third-order valence-corrected chi connectivity index (χ3v) is 6.31. The average molecular weight is 435 g/mol. The SMILES string of the molecule is CC1Oc2ccccc2OC1C(=O)N1CCC(N2CC(=O)N(c3ccccc3)C2=O)CC1. The standard InChI is InChI=1S/C24H25N3O5/c1-16-22(32-20-10-6-5-9-19(20)31-16)23(29)25-13-11-17(12-14-25)26-15-21(28)27(24(26)30)18-7-3-2-4-8-18/h2-10,16-17,22H,11-15H2,1H3. The lowest BCUT2D eigenvalue weighted by Crippen LogP contribution is -2.54. The first kappa shape index (κ1) is 20.4. The Balaban J connectivity index is 1.22. The quantitative estimate of drug-likeness (QED) is 0.693. The molecule has 4 amide bonds. The molecule has 3 heterocycles. The molecule has 0 N–H and O–H groups in total. The minimum Gasteiger partial charge on any atom is -0.482 e. The molecule has 0 aliphatic carbocycles. The Kier molecular flexibility index (Phi) is 5.20. The number of para-hydroxylation sites is 3. The molecule has 0 saturated carbocycles. The van der Waals surface area contributed by atoms with E-state index in [1.807, 2.05) is 31.2 Å². The number of piperidine rings is 1. The lowest BCUT2D eigenvalue weighted by molar-refractivity contribution is -0.145. The molecule has 0 spiro atoms. The highest BCUT2D eigenvalue weighted by Gasteiger charge is 2.43. The van der Waals surface area contributed by atoms with Crippen LogP contribution in [0.4, 0.5) is 10.5 Å². The number of hydrogen-bond acceptors (Lipinski definition) is 5. The van der Waals surface area contributed by atoms with Crippen LogP contribution in [-0.4, -0.2) is 65.5 Å². The molecule has 2 atom stereocenters. The lowest BCUT2D eigenvalue weighted by atomic mass is 10.0. The van der Waals surface area contributed by atoms with Crippen molar-refractivity contribution in [3.63, 3.8) is 0 Å². The van der Waals surface area contributed by atoms with Gasteiger partial charge in [0, 0.05) is 19.1 Å². The van der Waals surface area contributed by atoms with E-state index in [1.165, 1.54) is 4.90 Å². The number of imide groups is 1. The second-order valence-electron chi connectivity index (χ2n) is 8.34. The smallest absolute Gasteiger partial charge is 0.332 e. The van der Waals surface area contributed by atoms with E-state index in [4.69, 9.17) is 9.47 Å². The topological polar surface area (TPSA) is 79.4 Å². The Morgan fingerprint density at radius 3 is 2.22 bits per heavy atom. The average Bonchev–Trinajstić information content (AvgIpc) is 3.12. The number of urea groups is 1. The molecule has 32 heavy (non-hydrogen) atoms. The highest BCUT2D eigenvalue weighted by molar-refractivity contribution is 6.19. The highest BCUT2D eigenvalue weighted by Crippen LogP contribution is 2.34. The summed E-state index contributed by atoms with van der Waals surface area (Å²) in [6, 6.07) is 15.9. The fraction of sp³-hybridized carbons (Fsp3) is 0.375. The second-order valence-corrected chi connectivity index (χ2v) is 8.34. The second kappa shape index (κ2) is 8.18. The molecule has 2 fully saturated rings. The summed E-state index contributed by atoms with van der Waals surface area (Å²) in [5.41, 5.74) is 0.585.